The van der Waals surface area contributed by atoms with Gasteiger partial charge in [0.05, 0.1) is 28.9 Å². The van der Waals surface area contributed by atoms with Gasteiger partial charge in [0.15, 0.2) is 5.65 Å². The molecule has 32 heavy (non-hydrogen) atoms. The van der Waals surface area contributed by atoms with E-state index in [1.807, 2.05) is 13.8 Å². The molecule has 7 nitrogen and oxygen atoms in total. The lowest BCUT2D eigenvalue weighted by atomic mass is 10.0. The first-order chi connectivity index (χ1) is 15.5. The fourth-order valence-corrected chi connectivity index (χ4v) is 4.21. The summed E-state index contributed by atoms with van der Waals surface area (Å²) >= 11 is 5.89. The Morgan fingerprint density at radius 3 is 2.78 bits per heavy atom. The van der Waals surface area contributed by atoms with Crippen molar-refractivity contribution >= 4 is 34.2 Å². The van der Waals surface area contributed by atoms with Crippen molar-refractivity contribution in [2.75, 3.05) is 18.5 Å². The van der Waals surface area contributed by atoms with E-state index in [0.29, 0.717) is 48.0 Å². The van der Waals surface area contributed by atoms with Gasteiger partial charge in [-0.3, -0.25) is 4.79 Å². The van der Waals surface area contributed by atoms with Crippen LogP contribution < -0.4 is 10.6 Å². The minimum Gasteiger partial charge on any atom is -0.381 e. The van der Waals surface area contributed by atoms with Gasteiger partial charge in [-0.25, -0.2) is 14.1 Å². The van der Waals surface area contributed by atoms with E-state index in [0.717, 1.165) is 23.9 Å². The maximum Gasteiger partial charge on any atom is 0.255 e. The number of benzene rings is 1. The van der Waals surface area contributed by atoms with Gasteiger partial charge in [-0.15, -0.1) is 0 Å². The molecule has 3 aromatic rings. The predicted octanol–water partition coefficient (Wildman–Crippen LogP) is 4.72. The number of hydrogen-bond donors (Lipinski definition) is 2. The van der Waals surface area contributed by atoms with E-state index in [4.69, 9.17) is 16.3 Å². The summed E-state index contributed by atoms with van der Waals surface area (Å²) < 4.78 is 21.8. The third-order valence-corrected chi connectivity index (χ3v) is 6.07. The van der Waals surface area contributed by atoms with Crippen molar-refractivity contribution in [3.05, 3.63) is 52.6 Å². The van der Waals surface area contributed by atoms with Crippen LogP contribution in [0.2, 0.25) is 5.02 Å². The molecule has 0 bridgehead atoms. The van der Waals surface area contributed by atoms with Crippen molar-refractivity contribution in [3.63, 3.8) is 0 Å². The Hall–Kier alpha value is -2.71. The maximum atomic E-state index is 14.5. The number of hydrogen-bond acceptors (Lipinski definition) is 5. The van der Waals surface area contributed by atoms with Gasteiger partial charge in [0.25, 0.3) is 5.91 Å². The van der Waals surface area contributed by atoms with Crippen LogP contribution in [0.15, 0.2) is 30.6 Å². The van der Waals surface area contributed by atoms with Crippen molar-refractivity contribution in [2.45, 2.75) is 51.7 Å². The average Bonchev–Trinajstić information content (AvgIpc) is 3.22. The summed E-state index contributed by atoms with van der Waals surface area (Å²) in [7, 11) is 0. The van der Waals surface area contributed by atoms with E-state index in [1.165, 1.54) is 6.07 Å². The van der Waals surface area contributed by atoms with Crippen molar-refractivity contribution in [3.8, 4) is 0 Å². The first-order valence-corrected chi connectivity index (χ1v) is 11.3. The van der Waals surface area contributed by atoms with E-state index < -0.39 is 11.9 Å². The molecule has 1 fully saturated rings. The molecule has 1 aliphatic heterocycles. The molecule has 1 aromatic carbocycles. The molecule has 3 heterocycles. The number of carbonyl (C=O) groups excluding carboxylic acids is 1. The number of nitrogens with zero attached hydrogens (tertiary/aromatic N) is 3. The second kappa shape index (κ2) is 9.83. The minimum absolute atomic E-state index is 0.182. The third kappa shape index (κ3) is 4.56. The summed E-state index contributed by atoms with van der Waals surface area (Å²) in [6, 6.07) is 4.18. The highest BCUT2D eigenvalue weighted by Gasteiger charge is 2.24. The van der Waals surface area contributed by atoms with Gasteiger partial charge in [0.2, 0.25) is 0 Å². The second-order valence-electron chi connectivity index (χ2n) is 7.88. The van der Waals surface area contributed by atoms with Crippen LogP contribution in [0.3, 0.4) is 0 Å². The molecule has 9 heteroatoms. The number of rotatable bonds is 7. The molecule has 1 aliphatic rings. The number of fused-ring (bicyclic) bond motifs is 1. The summed E-state index contributed by atoms with van der Waals surface area (Å²) in [4.78, 5) is 17.9. The monoisotopic (exact) mass is 459 g/mol. The number of aryl methyl sites for hydroxylation is 1. The van der Waals surface area contributed by atoms with Crippen LogP contribution in [0, 0.1) is 5.82 Å². The Morgan fingerprint density at radius 1 is 1.31 bits per heavy atom. The molecule has 0 aliphatic carbocycles. The van der Waals surface area contributed by atoms with E-state index in [1.54, 1.807) is 29.2 Å². The zero-order valence-electron chi connectivity index (χ0n) is 18.2. The largest absolute Gasteiger partial charge is 0.381 e. The van der Waals surface area contributed by atoms with Crippen LogP contribution in [0.5, 0.6) is 0 Å². The summed E-state index contributed by atoms with van der Waals surface area (Å²) in [5, 5.41) is 12.0. The molecule has 1 amide bonds. The number of ether oxygens (including phenoxy) is 1. The van der Waals surface area contributed by atoms with Gasteiger partial charge >= 0.3 is 0 Å². The number of anilines is 1. The molecule has 0 unspecified atom stereocenters. The Balaban J connectivity index is 1.68. The van der Waals surface area contributed by atoms with E-state index >= 15 is 0 Å². The molecular weight excluding hydrogens is 433 g/mol. The van der Waals surface area contributed by atoms with Crippen molar-refractivity contribution in [1.29, 1.82) is 0 Å². The third-order valence-electron chi connectivity index (χ3n) is 5.83. The topological polar surface area (TPSA) is 81.1 Å². The highest BCUT2D eigenvalue weighted by Crippen LogP contribution is 2.30. The molecule has 0 saturated carbocycles. The van der Waals surface area contributed by atoms with Crippen molar-refractivity contribution < 1.29 is 13.9 Å². The van der Waals surface area contributed by atoms with Crippen LogP contribution in [0.25, 0.3) is 11.0 Å². The predicted molar refractivity (Wildman–Crippen MR) is 123 cm³/mol. The quantitative estimate of drug-likeness (QED) is 0.534. The number of amides is 1. The Labute approximate surface area is 191 Å². The van der Waals surface area contributed by atoms with Crippen LogP contribution in [-0.2, 0) is 11.3 Å². The number of aromatic nitrogens is 3. The zero-order chi connectivity index (χ0) is 22.7. The highest BCUT2D eigenvalue weighted by molar-refractivity contribution is 6.30. The van der Waals surface area contributed by atoms with Gasteiger partial charge in [-0.1, -0.05) is 24.6 Å². The summed E-state index contributed by atoms with van der Waals surface area (Å²) in [6.07, 6.45) is 5.52. The first kappa shape index (κ1) is 22.5. The standard InChI is InChI=1S/C23H27ClFN5O2/c1-3-20(16-6-5-14(24)11-19(16)25)29-23(31)18-12-26-22-17(13-27-30(22)4-2)21(18)28-15-7-9-32-10-8-15/h5-6,11-13,15,20H,3-4,7-10H2,1-2H3,(H,26,28)(H,29,31)/t20-/m1/s1. The molecule has 0 spiro atoms. The van der Waals surface area contributed by atoms with Gasteiger partial charge in [0, 0.05) is 42.6 Å². The number of carbonyl (C=O) groups is 1. The van der Waals surface area contributed by atoms with Crippen LogP contribution in [0.4, 0.5) is 10.1 Å². The Morgan fingerprint density at radius 2 is 2.09 bits per heavy atom. The lowest BCUT2D eigenvalue weighted by Gasteiger charge is -2.26. The molecule has 170 valence electrons. The van der Waals surface area contributed by atoms with Gasteiger partial charge < -0.3 is 15.4 Å². The minimum atomic E-state index is -0.496. The Kier molecular flexibility index (Phi) is 6.91. The van der Waals surface area contributed by atoms with Gasteiger partial charge in [-0.2, -0.15) is 5.10 Å². The van der Waals surface area contributed by atoms with Crippen LogP contribution in [-0.4, -0.2) is 39.9 Å². The van der Waals surface area contributed by atoms with Gasteiger partial charge in [0.1, 0.15) is 5.82 Å². The Bertz CT molecular complexity index is 1110. The number of pyridine rings is 1. The zero-order valence-corrected chi connectivity index (χ0v) is 19.0. The van der Waals surface area contributed by atoms with Crippen molar-refractivity contribution in [2.24, 2.45) is 0 Å². The fourth-order valence-electron chi connectivity index (χ4n) is 4.05. The SMILES string of the molecule is CC[C@@H](NC(=O)c1cnc2c(cnn2CC)c1NC1CCOCC1)c1ccc(Cl)cc1F. The van der Waals surface area contributed by atoms with E-state index in [2.05, 4.69) is 20.7 Å². The summed E-state index contributed by atoms with van der Waals surface area (Å²) in [5.74, 6) is -0.762. The smallest absolute Gasteiger partial charge is 0.255 e. The lowest BCUT2D eigenvalue weighted by molar-refractivity contribution is 0.0903. The number of halogens is 2. The molecule has 1 atom stereocenters. The summed E-state index contributed by atoms with van der Waals surface area (Å²) in [5.41, 5.74) is 2.23. The molecule has 1 saturated heterocycles. The second-order valence-corrected chi connectivity index (χ2v) is 8.31. The maximum absolute atomic E-state index is 14.5. The molecule has 4 rings (SSSR count). The molecular formula is C23H27ClFN5O2. The van der Waals surface area contributed by atoms with E-state index in [-0.39, 0.29) is 11.9 Å². The van der Waals surface area contributed by atoms with Gasteiger partial charge in [-0.05, 0) is 38.3 Å². The number of nitrogens with one attached hydrogen (secondary N) is 2. The lowest BCUT2D eigenvalue weighted by Crippen LogP contribution is -2.32. The summed E-state index contributed by atoms with van der Waals surface area (Å²) in [6.45, 7) is 5.91. The van der Waals surface area contributed by atoms with Crippen molar-refractivity contribution in [1.82, 2.24) is 20.1 Å². The molecule has 2 aromatic heterocycles. The highest BCUT2D eigenvalue weighted by atomic mass is 35.5. The molecule has 0 radical (unpaired) electrons. The fraction of sp³-hybridized carbons (Fsp3) is 0.435. The molecule has 2 N–H and O–H groups in total. The van der Waals surface area contributed by atoms with Crippen LogP contribution in [0.1, 0.15) is 55.1 Å². The average molecular weight is 460 g/mol. The van der Waals surface area contributed by atoms with E-state index in [9.17, 15) is 9.18 Å². The normalized spacial score (nSPS) is 15.6. The van der Waals surface area contributed by atoms with Crippen LogP contribution >= 0.6 is 11.6 Å². The first-order valence-electron chi connectivity index (χ1n) is 11.0.